The molecule has 0 aliphatic heterocycles. The van der Waals surface area contributed by atoms with Crippen molar-refractivity contribution < 1.29 is 5.11 Å². The van der Waals surface area contributed by atoms with Crippen molar-refractivity contribution in [2.45, 2.75) is 19.9 Å². The smallest absolute Gasteiger partial charge is 0.0680 e. The zero-order valence-corrected chi connectivity index (χ0v) is 11.4. The molecule has 1 aromatic heterocycles. The van der Waals surface area contributed by atoms with E-state index in [1.165, 1.54) is 11.3 Å². The van der Waals surface area contributed by atoms with Crippen molar-refractivity contribution in [1.82, 2.24) is 14.9 Å². The van der Waals surface area contributed by atoms with Crippen LogP contribution in [-0.2, 0) is 0 Å². The lowest BCUT2D eigenvalue weighted by molar-refractivity contribution is 0.286. The van der Waals surface area contributed by atoms with Gasteiger partial charge < -0.3 is 10.4 Å². The Kier molecular flexibility index (Phi) is 5.30. The highest BCUT2D eigenvalue weighted by molar-refractivity contribution is 14.2. The van der Waals surface area contributed by atoms with Gasteiger partial charge in [0.05, 0.1) is 19.2 Å². The van der Waals surface area contributed by atoms with Crippen LogP contribution in [0.25, 0.3) is 0 Å². The van der Waals surface area contributed by atoms with E-state index in [1.807, 2.05) is 10.6 Å². The Morgan fingerprint density at radius 2 is 2.50 bits per heavy atom. The standard InChI is InChI=1S/C8H15IN3OP/c1-6(10-3-4-13)8-5-11-12(14-9)7(8)2/h5-6,10,13-14H,3-4H2,1-2H3. The summed E-state index contributed by atoms with van der Waals surface area (Å²) in [5.41, 5.74) is 2.42. The third-order valence-electron chi connectivity index (χ3n) is 2.16. The van der Waals surface area contributed by atoms with E-state index in [4.69, 9.17) is 5.11 Å². The first-order valence-electron chi connectivity index (χ1n) is 4.46. The predicted octanol–water partition coefficient (Wildman–Crippen LogP) is 1.63. The predicted molar refractivity (Wildman–Crippen MR) is 68.2 cm³/mol. The molecule has 2 atom stereocenters. The zero-order chi connectivity index (χ0) is 10.6. The number of halogens is 1. The van der Waals surface area contributed by atoms with Crippen LogP contribution >= 0.6 is 28.4 Å². The monoisotopic (exact) mass is 327 g/mol. The normalized spacial score (nSPS) is 14.0. The topological polar surface area (TPSA) is 50.1 Å². The molecule has 0 aliphatic rings. The van der Waals surface area contributed by atoms with Gasteiger partial charge in [-0.2, -0.15) is 5.10 Å². The molecule has 0 aliphatic carbocycles. The molecule has 0 fully saturated rings. The maximum Gasteiger partial charge on any atom is 0.0680 e. The van der Waals surface area contributed by atoms with Gasteiger partial charge in [0.2, 0.25) is 0 Å². The van der Waals surface area contributed by atoms with Crippen LogP contribution in [0.4, 0.5) is 0 Å². The SMILES string of the molecule is Cc1c(C(C)NCCO)cnn1PI. The van der Waals surface area contributed by atoms with Crippen LogP contribution in [0.1, 0.15) is 24.2 Å². The zero-order valence-electron chi connectivity index (χ0n) is 8.29. The summed E-state index contributed by atoms with van der Waals surface area (Å²) in [7, 11) is 0. The minimum Gasteiger partial charge on any atom is -0.395 e. The van der Waals surface area contributed by atoms with Gasteiger partial charge in [-0.3, -0.25) is 0 Å². The molecule has 2 unspecified atom stereocenters. The number of nitrogens with zero attached hydrogens (tertiary/aromatic N) is 2. The van der Waals surface area contributed by atoms with Gasteiger partial charge in [0, 0.05) is 23.8 Å². The van der Waals surface area contributed by atoms with Gasteiger partial charge in [0.15, 0.2) is 0 Å². The van der Waals surface area contributed by atoms with Crippen molar-refractivity contribution in [3.05, 3.63) is 17.5 Å². The molecule has 0 bridgehead atoms. The Balaban J connectivity index is 2.69. The average molecular weight is 327 g/mol. The van der Waals surface area contributed by atoms with Crippen molar-refractivity contribution >= 4 is 28.4 Å². The van der Waals surface area contributed by atoms with Crippen LogP contribution < -0.4 is 5.32 Å². The van der Waals surface area contributed by atoms with Gasteiger partial charge in [-0.15, -0.1) is 0 Å². The average Bonchev–Trinajstić information content (AvgIpc) is 2.56. The number of hydrogen-bond acceptors (Lipinski definition) is 3. The molecule has 2 N–H and O–H groups in total. The Morgan fingerprint density at radius 3 is 3.00 bits per heavy atom. The molecule has 0 saturated carbocycles. The molecule has 6 heteroatoms. The first kappa shape index (κ1) is 12.4. The Labute approximate surface area is 98.8 Å². The lowest BCUT2D eigenvalue weighted by Crippen LogP contribution is -2.22. The molecule has 0 saturated heterocycles. The van der Waals surface area contributed by atoms with Crippen LogP contribution in [-0.4, -0.2) is 27.8 Å². The summed E-state index contributed by atoms with van der Waals surface area (Å²) in [6, 6.07) is 0.253. The van der Waals surface area contributed by atoms with Crippen molar-refractivity contribution in [3.63, 3.8) is 0 Å². The summed E-state index contributed by atoms with van der Waals surface area (Å²) < 4.78 is 1.99. The van der Waals surface area contributed by atoms with E-state index < -0.39 is 0 Å². The van der Waals surface area contributed by atoms with E-state index in [0.29, 0.717) is 12.9 Å². The number of hydrogen-bond donors (Lipinski definition) is 2. The maximum atomic E-state index is 8.70. The molecule has 1 heterocycles. The van der Waals surface area contributed by atoms with E-state index in [1.54, 1.807) is 0 Å². The second-order valence-electron chi connectivity index (χ2n) is 3.08. The fraction of sp³-hybridized carbons (Fsp3) is 0.625. The Hall–Kier alpha value is 0.290. The molecule has 1 rings (SSSR count). The largest absolute Gasteiger partial charge is 0.395 e. The molecule has 1 aromatic rings. The molecule has 0 radical (unpaired) electrons. The fourth-order valence-electron chi connectivity index (χ4n) is 1.32. The molecule has 0 aromatic carbocycles. The third-order valence-corrected chi connectivity index (χ3v) is 4.14. The fourth-order valence-corrected chi connectivity index (χ4v) is 3.14. The van der Waals surface area contributed by atoms with E-state index in [-0.39, 0.29) is 12.6 Å². The summed E-state index contributed by atoms with van der Waals surface area (Å²) in [4.78, 5) is 0. The molecular formula is C8H15IN3OP. The summed E-state index contributed by atoms with van der Waals surface area (Å²) >= 11 is 2.31. The number of aliphatic hydroxyl groups excluding tert-OH is 1. The van der Waals surface area contributed by atoms with Crippen LogP contribution in [0, 0.1) is 6.92 Å². The number of nitrogens with one attached hydrogen (secondary N) is 1. The van der Waals surface area contributed by atoms with Gasteiger partial charge >= 0.3 is 0 Å². The quantitative estimate of drug-likeness (QED) is 0.638. The van der Waals surface area contributed by atoms with Crippen LogP contribution in [0.2, 0.25) is 0 Å². The molecule has 14 heavy (non-hydrogen) atoms. The van der Waals surface area contributed by atoms with E-state index in [2.05, 4.69) is 46.3 Å². The Morgan fingerprint density at radius 1 is 1.79 bits per heavy atom. The summed E-state index contributed by atoms with van der Waals surface area (Å²) in [5, 5.41) is 16.2. The van der Waals surface area contributed by atoms with Gasteiger partial charge in [-0.1, -0.05) is 0 Å². The van der Waals surface area contributed by atoms with Crippen molar-refractivity contribution in [2.24, 2.45) is 0 Å². The highest BCUT2D eigenvalue weighted by Gasteiger charge is 2.11. The molecule has 0 spiro atoms. The lowest BCUT2D eigenvalue weighted by Gasteiger charge is -2.12. The van der Waals surface area contributed by atoms with Crippen molar-refractivity contribution in [2.75, 3.05) is 13.2 Å². The van der Waals surface area contributed by atoms with E-state index in [9.17, 15) is 0 Å². The minimum absolute atomic E-state index is 0.172. The van der Waals surface area contributed by atoms with Gasteiger partial charge in [0.1, 0.15) is 0 Å². The van der Waals surface area contributed by atoms with E-state index in [0.717, 1.165) is 0 Å². The first-order valence-corrected chi connectivity index (χ1v) is 8.52. The summed E-state index contributed by atoms with van der Waals surface area (Å²) in [6.45, 7) is 4.95. The second-order valence-corrected chi connectivity index (χ2v) is 5.12. The van der Waals surface area contributed by atoms with Crippen LogP contribution in [0.15, 0.2) is 6.20 Å². The van der Waals surface area contributed by atoms with Crippen LogP contribution in [0.5, 0.6) is 0 Å². The van der Waals surface area contributed by atoms with Gasteiger partial charge in [-0.25, -0.2) is 4.45 Å². The highest BCUT2D eigenvalue weighted by Crippen LogP contribution is 2.28. The number of aromatic nitrogens is 2. The van der Waals surface area contributed by atoms with Gasteiger partial charge in [0.25, 0.3) is 0 Å². The second kappa shape index (κ2) is 6.00. The summed E-state index contributed by atoms with van der Waals surface area (Å²) in [6.07, 6.45) is 2.54. The first-order chi connectivity index (χ1) is 6.70. The number of aliphatic hydroxyl groups is 1. The van der Waals surface area contributed by atoms with Gasteiger partial charge in [-0.05, 0) is 35.9 Å². The molecule has 80 valence electrons. The third kappa shape index (κ3) is 2.89. The Bertz CT molecular complexity index is 292. The molecule has 4 nitrogen and oxygen atoms in total. The molecule has 0 amide bonds. The molecular weight excluding hydrogens is 312 g/mol. The number of rotatable bonds is 5. The van der Waals surface area contributed by atoms with E-state index >= 15 is 0 Å². The maximum absolute atomic E-state index is 8.70. The summed E-state index contributed by atoms with van der Waals surface area (Å²) in [5.74, 6) is 0. The lowest BCUT2D eigenvalue weighted by atomic mass is 10.1. The van der Waals surface area contributed by atoms with Crippen molar-refractivity contribution in [1.29, 1.82) is 0 Å². The highest BCUT2D eigenvalue weighted by atomic mass is 127. The van der Waals surface area contributed by atoms with Crippen molar-refractivity contribution in [3.8, 4) is 0 Å². The van der Waals surface area contributed by atoms with Crippen LogP contribution in [0.3, 0.4) is 0 Å². The minimum atomic E-state index is 0.172.